The smallest absolute Gasteiger partial charge is 0.315 e. The van der Waals surface area contributed by atoms with Crippen LogP contribution in [0.5, 0.6) is 23.0 Å². The highest BCUT2D eigenvalue weighted by atomic mass is 16.7. The average Bonchev–Trinajstić information content (AvgIpc) is 0.675. The topological polar surface area (TPSA) is 444 Å². The SMILES string of the molecule is CC1(C)CC[C@]2(C(=O)O[C@@H]3O[C@H](CO)[C@@H](O)[C@H](O)[C@H]3O)CC[C@]3(C)C(=CC[C@@H]4[C@@]5(C)C[C@@H](O)[C@H](O)C(C)(C)[C@@H]5CC[C@]43C)[C@@H]2[C@@H]1O.CC1(C)CC[C@]2(C(=O)O[C@@H]3O[C@H](CO)[C@@H](O)[C@H](O)[C@H]3O)CC[C@]3(C)C(=CC[C@@H]4[C@@]5(C)C[C@@H](O)[C@H](O)[C@@](C)(CO)[C@@H]5CC[C@]43C)[C@@H]2C1.Cc1ccc([C@H]2Oc3cc(O)cc(O)c3C[C@@H]2O)cc1O. The van der Waals surface area contributed by atoms with Crippen molar-refractivity contribution in [2.24, 2.45) is 100 Å². The normalized spacial score (nSPS) is 48.2. The maximum atomic E-state index is 14.4. The van der Waals surface area contributed by atoms with Crippen molar-refractivity contribution in [1.29, 1.82) is 0 Å². The monoisotopic (exact) mass is 1590 g/mol. The van der Waals surface area contributed by atoms with E-state index in [1.165, 1.54) is 17.7 Å². The molecule has 0 unspecified atom stereocenters. The fourth-order valence-electron chi connectivity index (χ4n) is 26.8. The van der Waals surface area contributed by atoms with Gasteiger partial charge < -0.3 is 116 Å². The van der Waals surface area contributed by atoms with Gasteiger partial charge in [-0.2, -0.15) is 0 Å². The summed E-state index contributed by atoms with van der Waals surface area (Å²) in [7, 11) is 0. The summed E-state index contributed by atoms with van der Waals surface area (Å²) in [4.78, 5) is 28.8. The molecule has 634 valence electrons. The van der Waals surface area contributed by atoms with Crippen LogP contribution in [0.1, 0.15) is 222 Å². The van der Waals surface area contributed by atoms with E-state index in [-0.39, 0.29) is 97.8 Å². The summed E-state index contributed by atoms with van der Waals surface area (Å²) in [5, 5.41) is 188. The van der Waals surface area contributed by atoms with Gasteiger partial charge in [0.25, 0.3) is 0 Å². The van der Waals surface area contributed by atoms with Crippen molar-refractivity contribution in [1.82, 2.24) is 0 Å². The van der Waals surface area contributed by atoms with Gasteiger partial charge in [-0.3, -0.25) is 9.59 Å². The lowest BCUT2D eigenvalue weighted by Crippen LogP contribution is -2.68. The molecule has 25 nitrogen and oxygen atoms in total. The number of hydrogen-bond acceptors (Lipinski definition) is 25. The lowest BCUT2D eigenvalue weighted by molar-refractivity contribution is -0.298. The molecule has 3 heterocycles. The highest BCUT2D eigenvalue weighted by Crippen LogP contribution is 2.79. The third kappa shape index (κ3) is 13.2. The number of aromatic hydroxyl groups is 3. The number of phenols is 3. The molecule has 113 heavy (non-hydrogen) atoms. The number of carbonyl (C=O) groups excluding carboxylic acids is 2. The number of hydrogen-bond donors (Lipinski definition) is 18. The minimum Gasteiger partial charge on any atom is -0.508 e. The van der Waals surface area contributed by atoms with E-state index in [0.29, 0.717) is 68.2 Å². The number of allylic oxidation sites excluding steroid dienone is 3. The summed E-state index contributed by atoms with van der Waals surface area (Å²) in [6.07, 6.45) is -4.15. The van der Waals surface area contributed by atoms with Crippen molar-refractivity contribution < 1.29 is 125 Å². The number of benzene rings is 2. The van der Waals surface area contributed by atoms with Gasteiger partial charge in [0.2, 0.25) is 12.6 Å². The molecular weight excluding hydrogens is 1460 g/mol. The maximum absolute atomic E-state index is 14.4. The Bertz CT molecular complexity index is 3950. The van der Waals surface area contributed by atoms with Crippen LogP contribution in [0.25, 0.3) is 0 Å². The Morgan fingerprint density at radius 3 is 1.54 bits per heavy atom. The second-order valence-electron chi connectivity index (χ2n) is 41.2. The molecule has 0 spiro atoms. The first-order valence-corrected chi connectivity index (χ1v) is 41.7. The van der Waals surface area contributed by atoms with Crippen LogP contribution < -0.4 is 4.74 Å². The molecule has 2 aromatic carbocycles. The van der Waals surface area contributed by atoms with Crippen molar-refractivity contribution >= 4 is 11.9 Å². The summed E-state index contributed by atoms with van der Waals surface area (Å²) in [6.45, 7) is 29.1. The molecule has 0 aromatic heterocycles. The lowest BCUT2D eigenvalue weighted by atomic mass is 9.33. The zero-order chi connectivity index (χ0) is 83.0. The Labute approximate surface area is 664 Å². The highest BCUT2D eigenvalue weighted by molar-refractivity contribution is 5.80. The molecule has 0 bridgehead atoms. The molecule has 15 rings (SSSR count). The van der Waals surface area contributed by atoms with Gasteiger partial charge in [0.15, 0.2) is 0 Å². The van der Waals surface area contributed by atoms with E-state index in [4.69, 9.17) is 23.7 Å². The zero-order valence-electron chi connectivity index (χ0n) is 68.6. The molecule has 2 aromatic rings. The van der Waals surface area contributed by atoms with Crippen LogP contribution in [0.3, 0.4) is 0 Å². The van der Waals surface area contributed by atoms with E-state index in [9.17, 15) is 102 Å². The molecule has 8 saturated carbocycles. The van der Waals surface area contributed by atoms with Gasteiger partial charge in [-0.1, -0.05) is 125 Å². The summed E-state index contributed by atoms with van der Waals surface area (Å²) >= 11 is 0. The number of fused-ring (bicyclic) bond motifs is 15. The first kappa shape index (κ1) is 86.2. The predicted molar refractivity (Wildman–Crippen MR) is 411 cm³/mol. The van der Waals surface area contributed by atoms with Crippen molar-refractivity contribution in [2.45, 2.75) is 317 Å². The predicted octanol–water partition coefficient (Wildman–Crippen LogP) is 7.02. The number of carbonyl (C=O) groups is 2. The largest absolute Gasteiger partial charge is 0.508 e. The molecule has 3 aliphatic heterocycles. The fraction of sp³-hybridized carbons (Fsp3) is 0.795. The van der Waals surface area contributed by atoms with Crippen LogP contribution in [0, 0.1) is 107 Å². The summed E-state index contributed by atoms with van der Waals surface area (Å²) in [5.41, 5.74) is -0.820. The molecule has 2 saturated heterocycles. The van der Waals surface area contributed by atoms with Crippen LogP contribution in [-0.4, -0.2) is 222 Å². The molecule has 13 aliphatic rings. The molecule has 32 atom stereocenters. The van der Waals surface area contributed by atoms with E-state index in [2.05, 4.69) is 81.4 Å². The first-order valence-electron chi connectivity index (χ1n) is 41.7. The Morgan fingerprint density at radius 2 is 0.991 bits per heavy atom. The number of aryl methyl sites for hydroxylation is 1. The number of ether oxygens (including phenoxy) is 5. The highest BCUT2D eigenvalue weighted by Gasteiger charge is 2.74. The van der Waals surface area contributed by atoms with Crippen LogP contribution in [0.4, 0.5) is 0 Å². The van der Waals surface area contributed by atoms with Crippen LogP contribution in [0.2, 0.25) is 0 Å². The van der Waals surface area contributed by atoms with Crippen molar-refractivity contribution in [2.75, 3.05) is 19.8 Å². The Kier molecular flexibility index (Phi) is 22.6. The number of rotatable bonds is 8. The third-order valence-corrected chi connectivity index (χ3v) is 34.2. The van der Waals surface area contributed by atoms with Crippen molar-refractivity contribution in [3.05, 3.63) is 70.3 Å². The quantitative estimate of drug-likeness (QED) is 0.0932. The number of aliphatic hydroxyl groups is 15. The van der Waals surface area contributed by atoms with E-state index < -0.39 is 162 Å². The van der Waals surface area contributed by atoms with E-state index in [0.717, 1.165) is 68.9 Å². The standard InChI is InChI=1S/2C36H58O10.C16H16O5/c1-31(2)12-14-36(30(44)46-29-26(41)25(40)24(39)20(17-37)45-29)15-13-34(6)18(23(36)28(31)43)8-9-22-33(5)16-19(38)27(42)32(3,4)21(33)10-11-35(22,34)7;1-31(2)11-13-36(30(44)46-29-27(42)26(41)25(40)22(17-37)45-29)14-12-34(5)19(20(36)15-31)7-8-24-32(3)16-21(39)28(43)33(4,18-38)23(32)9-10-35(24,34)6;1-8-2-3-9(4-12(8)18)16-14(20)7-11-13(19)5-10(17)6-15(11)21-16/h8,19-29,37-43H,9-17H2,1-7H3;7,20-29,37-43H,8-18H2,1-6H3;2-6,14,16-20H,7H2,1H3/t19-,20-,21+,22-,23-,24-,25+,26-,27+,28+,29+,33+,34-,35-,36+;20-,21+,22+,23+,24+,25+,26-,27+,28-,29-,32-,33-,34+,35+,36-;14-,16+/m100/s1. The third-order valence-electron chi connectivity index (χ3n) is 34.2. The fourth-order valence-corrected chi connectivity index (χ4v) is 26.8. The van der Waals surface area contributed by atoms with Gasteiger partial charge in [-0.25, -0.2) is 0 Å². The summed E-state index contributed by atoms with van der Waals surface area (Å²) in [5.74, 6) is -0.696. The van der Waals surface area contributed by atoms with Gasteiger partial charge in [0.05, 0.1) is 67.3 Å². The minimum absolute atomic E-state index is 0.00930. The Hall–Kier alpha value is -4.62. The number of phenolic OH excluding ortho intramolecular Hbond substituents is 3. The first-order chi connectivity index (χ1) is 52.5. The molecule has 10 aliphatic carbocycles. The van der Waals surface area contributed by atoms with Crippen molar-refractivity contribution in [3.63, 3.8) is 0 Å². The zero-order valence-corrected chi connectivity index (χ0v) is 68.6. The van der Waals surface area contributed by atoms with Crippen LogP contribution >= 0.6 is 0 Å². The minimum atomic E-state index is -1.70. The van der Waals surface area contributed by atoms with Crippen LogP contribution in [0.15, 0.2) is 53.6 Å². The molecule has 0 amide bonds. The molecule has 25 heteroatoms. The maximum Gasteiger partial charge on any atom is 0.315 e. The lowest BCUT2D eigenvalue weighted by Gasteiger charge is -2.71. The number of aliphatic hydroxyl groups excluding tert-OH is 15. The van der Waals surface area contributed by atoms with Crippen LogP contribution in [-0.2, 0) is 35.0 Å². The van der Waals surface area contributed by atoms with E-state index in [1.807, 2.05) is 20.8 Å². The second kappa shape index (κ2) is 29.7. The van der Waals surface area contributed by atoms with Gasteiger partial charge in [0, 0.05) is 35.4 Å². The molecular formula is C88H132O25. The summed E-state index contributed by atoms with van der Waals surface area (Å²) in [6, 6.07) is 7.69. The number of esters is 2. The molecule has 18 N–H and O–H groups in total. The van der Waals surface area contributed by atoms with E-state index in [1.54, 1.807) is 25.1 Å². The Balaban J connectivity index is 0.000000158. The van der Waals surface area contributed by atoms with Crippen molar-refractivity contribution in [3.8, 4) is 23.0 Å². The average molecular weight is 1590 g/mol. The van der Waals surface area contributed by atoms with E-state index >= 15 is 0 Å². The Morgan fingerprint density at radius 1 is 0.496 bits per heavy atom. The van der Waals surface area contributed by atoms with Gasteiger partial charge >= 0.3 is 11.9 Å². The van der Waals surface area contributed by atoms with Gasteiger partial charge in [0.1, 0.15) is 77.9 Å². The molecule has 10 fully saturated rings. The van der Waals surface area contributed by atoms with Gasteiger partial charge in [-0.15, -0.1) is 0 Å². The second-order valence-corrected chi connectivity index (χ2v) is 41.2. The summed E-state index contributed by atoms with van der Waals surface area (Å²) < 4.78 is 28.7. The van der Waals surface area contributed by atoms with Gasteiger partial charge in [-0.05, 0) is 212 Å². The molecule has 0 radical (unpaired) electrons.